The maximum atomic E-state index is 13.5. The van der Waals surface area contributed by atoms with Crippen molar-refractivity contribution < 1.29 is 23.0 Å². The molecule has 1 unspecified atom stereocenters. The fraction of sp³-hybridized carbons (Fsp3) is 0.778. The van der Waals surface area contributed by atoms with E-state index < -0.39 is 24.0 Å². The molecule has 0 fully saturated rings. The third kappa shape index (κ3) is 9.08. The summed E-state index contributed by atoms with van der Waals surface area (Å²) in [5.41, 5.74) is -3.04. The molecule has 0 spiro atoms. The fourth-order valence-corrected chi connectivity index (χ4v) is 2.55. The molecule has 0 bridgehead atoms. The van der Waals surface area contributed by atoms with Gasteiger partial charge in [0.1, 0.15) is 5.82 Å². The molecule has 0 amide bonds. The normalized spacial score (nSPS) is 14.2. The quantitative estimate of drug-likeness (QED) is 0.166. The van der Waals surface area contributed by atoms with Gasteiger partial charge in [-0.05, 0) is 19.8 Å². The number of aliphatic imine (C=N–C) groups is 1. The molecule has 1 aromatic heterocycles. The van der Waals surface area contributed by atoms with E-state index in [0.29, 0.717) is 25.7 Å². The molecule has 7 nitrogen and oxygen atoms in total. The Morgan fingerprint density at radius 3 is 2.48 bits per heavy atom. The van der Waals surface area contributed by atoms with Crippen LogP contribution in [0.25, 0.3) is 0 Å². The third-order valence-corrected chi connectivity index (χ3v) is 4.14. The Bertz CT molecular complexity index is 598. The van der Waals surface area contributed by atoms with Gasteiger partial charge in [-0.3, -0.25) is 4.99 Å². The lowest BCUT2D eigenvalue weighted by Gasteiger charge is -2.30. The van der Waals surface area contributed by atoms with Gasteiger partial charge in [0.25, 0.3) is 0 Å². The number of halogens is 4. The zero-order valence-electron chi connectivity index (χ0n) is 17.3. The van der Waals surface area contributed by atoms with E-state index in [2.05, 4.69) is 27.5 Å². The van der Waals surface area contributed by atoms with Crippen molar-refractivity contribution in [1.29, 1.82) is 0 Å². The Hall–Kier alpha value is -1.08. The summed E-state index contributed by atoms with van der Waals surface area (Å²) >= 11 is 0. The largest absolute Gasteiger partial charge is 0.424 e. The van der Waals surface area contributed by atoms with Crippen LogP contribution in [0.1, 0.15) is 45.4 Å². The van der Waals surface area contributed by atoms with E-state index in [-0.39, 0.29) is 30.5 Å². The second-order valence-electron chi connectivity index (χ2n) is 6.48. The van der Waals surface area contributed by atoms with Gasteiger partial charge in [-0.2, -0.15) is 13.2 Å². The zero-order valence-corrected chi connectivity index (χ0v) is 19.6. The summed E-state index contributed by atoms with van der Waals surface area (Å²) in [4.78, 5) is 8.01. The maximum absolute atomic E-state index is 13.5. The topological polar surface area (TPSA) is 83.7 Å². The number of nitrogens with one attached hydrogen (secondary N) is 2. The summed E-state index contributed by atoms with van der Waals surface area (Å²) in [5.74, 6) is -0.0339. The molecular weight excluding hydrogens is 502 g/mol. The second kappa shape index (κ2) is 14.0. The molecule has 29 heavy (non-hydrogen) atoms. The molecule has 0 radical (unpaired) electrons. The number of guanidine groups is 1. The van der Waals surface area contributed by atoms with Crippen molar-refractivity contribution in [2.75, 3.05) is 32.8 Å². The van der Waals surface area contributed by atoms with Crippen LogP contribution in [0, 0.1) is 0 Å². The third-order valence-electron chi connectivity index (χ3n) is 4.14. The Morgan fingerprint density at radius 1 is 1.24 bits per heavy atom. The first kappa shape index (κ1) is 27.9. The van der Waals surface area contributed by atoms with Crippen molar-refractivity contribution in [3.8, 4) is 0 Å². The van der Waals surface area contributed by atoms with Crippen LogP contribution in [0.15, 0.2) is 17.4 Å². The van der Waals surface area contributed by atoms with Crippen molar-refractivity contribution >= 4 is 29.9 Å². The molecule has 170 valence electrons. The minimum absolute atomic E-state index is 0. The molecule has 0 aliphatic heterocycles. The molecule has 1 aromatic rings. The zero-order chi connectivity index (χ0) is 21.0. The first-order valence-electron chi connectivity index (χ1n) is 9.63. The Labute approximate surface area is 187 Å². The molecule has 1 atom stereocenters. The summed E-state index contributed by atoms with van der Waals surface area (Å²) in [6, 6.07) is 0. The Balaban J connectivity index is 0.00000784. The summed E-state index contributed by atoms with van der Waals surface area (Å²) in [6.07, 6.45) is -0.0208. The molecular formula is C18H33F3IN5O2. The lowest BCUT2D eigenvalue weighted by Crippen LogP contribution is -2.48. The highest BCUT2D eigenvalue weighted by Crippen LogP contribution is 2.40. The predicted molar refractivity (Wildman–Crippen MR) is 118 cm³/mol. The number of alkyl halides is 3. The molecule has 0 saturated carbocycles. The summed E-state index contributed by atoms with van der Waals surface area (Å²) in [6.45, 7) is 6.21. The number of hydrogen-bond donors (Lipinski definition) is 3. The van der Waals surface area contributed by atoms with E-state index in [9.17, 15) is 18.3 Å². The number of ether oxygens (including phenoxy) is 1. The standard InChI is InChI=1S/C18H32F3N5O2.HI/c1-4-6-13-28-14-7-9-24-16(22-5-2)25-10-8-17(27,18(19,20)21)15-23-11-12-26(15)3;/h11-12,27H,4-10,13-14H2,1-3H3,(H2,22,24,25);1H. The highest BCUT2D eigenvalue weighted by atomic mass is 127. The average molecular weight is 535 g/mol. The van der Waals surface area contributed by atoms with Gasteiger partial charge in [0.05, 0.1) is 0 Å². The minimum atomic E-state index is -4.85. The molecule has 1 heterocycles. The molecule has 0 aliphatic carbocycles. The van der Waals surface area contributed by atoms with Crippen LogP contribution in [-0.4, -0.2) is 59.6 Å². The van der Waals surface area contributed by atoms with Crippen LogP contribution < -0.4 is 10.6 Å². The first-order valence-corrected chi connectivity index (χ1v) is 9.63. The van der Waals surface area contributed by atoms with E-state index in [4.69, 9.17) is 4.74 Å². The van der Waals surface area contributed by atoms with E-state index in [1.807, 2.05) is 6.92 Å². The number of aryl methyl sites for hydroxylation is 1. The van der Waals surface area contributed by atoms with Gasteiger partial charge in [-0.25, -0.2) is 4.98 Å². The van der Waals surface area contributed by atoms with Crippen LogP contribution in [0.3, 0.4) is 0 Å². The predicted octanol–water partition coefficient (Wildman–Crippen LogP) is 2.94. The number of hydrogen-bond acceptors (Lipinski definition) is 4. The second-order valence-corrected chi connectivity index (χ2v) is 6.48. The van der Waals surface area contributed by atoms with E-state index in [0.717, 1.165) is 25.9 Å². The van der Waals surface area contributed by atoms with Crippen LogP contribution in [-0.2, 0) is 17.4 Å². The number of unbranched alkanes of at least 4 members (excludes halogenated alkanes) is 1. The smallest absolute Gasteiger partial charge is 0.381 e. The number of nitrogens with zero attached hydrogens (tertiary/aromatic N) is 3. The van der Waals surface area contributed by atoms with Crippen LogP contribution in [0.2, 0.25) is 0 Å². The van der Waals surface area contributed by atoms with Crippen LogP contribution in [0.4, 0.5) is 13.2 Å². The highest BCUT2D eigenvalue weighted by molar-refractivity contribution is 14.0. The van der Waals surface area contributed by atoms with Gasteiger partial charge in [0.15, 0.2) is 5.96 Å². The summed E-state index contributed by atoms with van der Waals surface area (Å²) < 4.78 is 47.1. The molecule has 0 aliphatic rings. The van der Waals surface area contributed by atoms with Crippen molar-refractivity contribution in [2.45, 2.75) is 51.3 Å². The number of rotatable bonds is 12. The van der Waals surface area contributed by atoms with Crippen molar-refractivity contribution in [3.63, 3.8) is 0 Å². The first-order chi connectivity index (χ1) is 13.3. The van der Waals surface area contributed by atoms with Gasteiger partial charge >= 0.3 is 6.18 Å². The SMILES string of the molecule is CCCCOCCCN=C(NCC)NCCC(O)(c1nccn1C)C(F)(F)F.I. The van der Waals surface area contributed by atoms with Crippen LogP contribution in [0.5, 0.6) is 0 Å². The van der Waals surface area contributed by atoms with E-state index in [1.54, 1.807) is 0 Å². The number of aliphatic hydroxyl groups is 1. The monoisotopic (exact) mass is 535 g/mol. The molecule has 3 N–H and O–H groups in total. The van der Waals surface area contributed by atoms with Crippen molar-refractivity contribution in [3.05, 3.63) is 18.2 Å². The van der Waals surface area contributed by atoms with Crippen molar-refractivity contribution in [1.82, 2.24) is 20.2 Å². The maximum Gasteiger partial charge on any atom is 0.424 e. The molecule has 0 saturated heterocycles. The van der Waals surface area contributed by atoms with Gasteiger partial charge < -0.3 is 25.0 Å². The van der Waals surface area contributed by atoms with Gasteiger partial charge in [0.2, 0.25) is 5.60 Å². The van der Waals surface area contributed by atoms with E-state index >= 15 is 0 Å². The summed E-state index contributed by atoms with van der Waals surface area (Å²) in [7, 11) is 1.42. The lowest BCUT2D eigenvalue weighted by molar-refractivity contribution is -0.272. The molecule has 11 heteroatoms. The lowest BCUT2D eigenvalue weighted by atomic mass is 9.97. The molecule has 0 aromatic carbocycles. The Morgan fingerprint density at radius 2 is 1.93 bits per heavy atom. The molecule has 1 rings (SSSR count). The summed E-state index contributed by atoms with van der Waals surface area (Å²) in [5, 5.41) is 16.1. The van der Waals surface area contributed by atoms with Gasteiger partial charge in [-0.1, -0.05) is 13.3 Å². The minimum Gasteiger partial charge on any atom is -0.381 e. The highest BCUT2D eigenvalue weighted by Gasteiger charge is 2.57. The Kier molecular flexibility index (Phi) is 13.5. The van der Waals surface area contributed by atoms with Gasteiger partial charge in [0, 0.05) is 58.7 Å². The van der Waals surface area contributed by atoms with Crippen LogP contribution >= 0.6 is 24.0 Å². The fourth-order valence-electron chi connectivity index (χ4n) is 2.55. The van der Waals surface area contributed by atoms with Crippen molar-refractivity contribution in [2.24, 2.45) is 12.0 Å². The average Bonchev–Trinajstić information content (AvgIpc) is 3.06. The van der Waals surface area contributed by atoms with Gasteiger partial charge in [-0.15, -0.1) is 24.0 Å². The number of imidazole rings is 1. The van der Waals surface area contributed by atoms with E-state index in [1.165, 1.54) is 24.0 Å². The number of aromatic nitrogens is 2.